The molecule has 3 fully saturated rings. The normalized spacial score (nSPS) is 29.2. The van der Waals surface area contributed by atoms with Gasteiger partial charge in [-0.3, -0.25) is 19.2 Å². The van der Waals surface area contributed by atoms with Gasteiger partial charge >= 0.3 is 5.97 Å². The molecule has 0 radical (unpaired) electrons. The lowest BCUT2D eigenvalue weighted by molar-refractivity contribution is -0.191. The van der Waals surface area contributed by atoms with E-state index in [-0.39, 0.29) is 34.9 Å². The summed E-state index contributed by atoms with van der Waals surface area (Å²) in [6, 6.07) is 2.28. The molecule has 0 bridgehead atoms. The van der Waals surface area contributed by atoms with E-state index in [9.17, 15) is 19.2 Å². The van der Waals surface area contributed by atoms with Gasteiger partial charge in [0.15, 0.2) is 0 Å². The number of nitrogens with zero attached hydrogens (tertiary/aromatic N) is 1. The Labute approximate surface area is 240 Å². The van der Waals surface area contributed by atoms with Crippen LogP contribution in [0.25, 0.3) is 0 Å². The van der Waals surface area contributed by atoms with Gasteiger partial charge in [0.25, 0.3) is 5.91 Å². The van der Waals surface area contributed by atoms with Gasteiger partial charge in [-0.1, -0.05) is 38.8 Å². The van der Waals surface area contributed by atoms with E-state index in [1.54, 1.807) is 6.92 Å². The zero-order valence-corrected chi connectivity index (χ0v) is 24.4. The number of rotatable bonds is 8. The monoisotopic (exact) mass is 576 g/mol. The number of amides is 3. The van der Waals surface area contributed by atoms with Gasteiger partial charge < -0.3 is 30.7 Å². The Bertz CT molecular complexity index is 1130. The molecule has 4 rings (SSSR count). The second kappa shape index (κ2) is 12.8. The Morgan fingerprint density at radius 2 is 1.93 bits per heavy atom. The van der Waals surface area contributed by atoms with E-state index >= 15 is 0 Å². The quantitative estimate of drug-likeness (QED) is 0.319. The van der Waals surface area contributed by atoms with E-state index in [1.807, 2.05) is 0 Å². The van der Waals surface area contributed by atoms with Crippen molar-refractivity contribution >= 4 is 41.0 Å². The van der Waals surface area contributed by atoms with Gasteiger partial charge in [-0.25, -0.2) is 0 Å². The molecule has 3 aliphatic rings. The molecule has 7 atom stereocenters. The number of esters is 1. The number of anilines is 1. The lowest BCUT2D eigenvalue weighted by Gasteiger charge is -2.39. The topological polar surface area (TPSA) is 140 Å². The minimum Gasteiger partial charge on any atom is -0.433 e. The number of nitrogen functional groups attached to an aromatic ring is 1. The van der Waals surface area contributed by atoms with Crippen LogP contribution in [0.4, 0.5) is 5.69 Å². The standard InChI is InChI=1S/C29H41ClN4O6/c1-15(2)19-9-7-16(3)12-24(19)39-29-22(14-25(35)40-29)33-27(37)23-6-5-11-34(23)28(38)17(4)32-26(36)18-8-10-21(31)20(30)13-18/h8,10,13,15-17,19,22-24,29H,5-7,9,11-12,14,31H2,1-4H3,(H,32,36)(H,33,37). The van der Waals surface area contributed by atoms with Crippen LogP contribution in [-0.2, 0) is 23.9 Å². The maximum atomic E-state index is 13.4. The molecule has 2 aliphatic heterocycles. The van der Waals surface area contributed by atoms with Gasteiger partial charge in [-0.2, -0.15) is 0 Å². The Morgan fingerprint density at radius 1 is 1.18 bits per heavy atom. The highest BCUT2D eigenvalue weighted by molar-refractivity contribution is 6.33. The molecule has 4 N–H and O–H groups in total. The molecule has 3 amide bonds. The first-order valence-electron chi connectivity index (χ1n) is 14.3. The number of nitrogens with one attached hydrogen (secondary N) is 2. The van der Waals surface area contributed by atoms with Crippen LogP contribution in [0.15, 0.2) is 18.2 Å². The molecule has 7 unspecified atom stereocenters. The molecule has 40 heavy (non-hydrogen) atoms. The number of carbonyl (C=O) groups excluding carboxylic acids is 4. The fourth-order valence-corrected chi connectivity index (χ4v) is 6.24. The van der Waals surface area contributed by atoms with Crippen molar-refractivity contribution in [2.75, 3.05) is 12.3 Å². The first-order valence-corrected chi connectivity index (χ1v) is 14.6. The van der Waals surface area contributed by atoms with Crippen LogP contribution >= 0.6 is 11.6 Å². The smallest absolute Gasteiger partial charge is 0.310 e. The van der Waals surface area contributed by atoms with Gasteiger partial charge in [0.05, 0.1) is 23.2 Å². The second-order valence-electron chi connectivity index (χ2n) is 11.8. The Hall–Kier alpha value is -2.85. The summed E-state index contributed by atoms with van der Waals surface area (Å²) < 4.78 is 11.9. The van der Waals surface area contributed by atoms with E-state index < -0.39 is 36.3 Å². The molecule has 2 heterocycles. The van der Waals surface area contributed by atoms with E-state index in [2.05, 4.69) is 31.4 Å². The number of benzene rings is 1. The van der Waals surface area contributed by atoms with Crippen molar-refractivity contribution in [1.82, 2.24) is 15.5 Å². The molecule has 0 aromatic heterocycles. The van der Waals surface area contributed by atoms with Gasteiger partial charge in [0.1, 0.15) is 18.1 Å². The van der Waals surface area contributed by atoms with E-state index in [0.29, 0.717) is 42.8 Å². The Kier molecular flexibility index (Phi) is 9.61. The molecule has 10 nitrogen and oxygen atoms in total. The Morgan fingerprint density at radius 3 is 2.62 bits per heavy atom. The molecular weight excluding hydrogens is 536 g/mol. The van der Waals surface area contributed by atoms with Crippen molar-refractivity contribution in [3.8, 4) is 0 Å². The lowest BCUT2D eigenvalue weighted by Crippen LogP contribution is -2.55. The van der Waals surface area contributed by atoms with Crippen LogP contribution < -0.4 is 16.4 Å². The number of likely N-dealkylation sites (tertiary alicyclic amines) is 1. The molecule has 0 spiro atoms. The predicted molar refractivity (Wildman–Crippen MR) is 150 cm³/mol. The highest BCUT2D eigenvalue weighted by Gasteiger charge is 2.44. The van der Waals surface area contributed by atoms with Crippen LogP contribution in [0.5, 0.6) is 0 Å². The third kappa shape index (κ3) is 6.89. The maximum Gasteiger partial charge on any atom is 0.310 e. The van der Waals surface area contributed by atoms with Crippen LogP contribution in [0.3, 0.4) is 0 Å². The minimum atomic E-state index is -0.869. The SMILES string of the molecule is CC1CCC(C(C)C)C(OC2OC(=O)CC2NC(=O)C2CCCN2C(=O)C(C)NC(=O)c2ccc(N)c(Cl)c2)C1. The maximum absolute atomic E-state index is 13.4. The van der Waals surface area contributed by atoms with Crippen molar-refractivity contribution in [2.24, 2.45) is 17.8 Å². The van der Waals surface area contributed by atoms with E-state index in [1.165, 1.54) is 23.1 Å². The van der Waals surface area contributed by atoms with Crippen molar-refractivity contribution in [3.63, 3.8) is 0 Å². The fourth-order valence-electron chi connectivity index (χ4n) is 6.06. The molecule has 1 aromatic rings. The molecule has 1 aromatic carbocycles. The summed E-state index contributed by atoms with van der Waals surface area (Å²) in [5.41, 5.74) is 6.34. The molecule has 1 aliphatic carbocycles. The first-order chi connectivity index (χ1) is 18.9. The zero-order chi connectivity index (χ0) is 29.1. The molecular formula is C29H41ClN4O6. The number of nitrogens with two attached hydrogens (primary N) is 1. The van der Waals surface area contributed by atoms with Crippen LogP contribution in [0, 0.1) is 17.8 Å². The van der Waals surface area contributed by atoms with E-state index in [4.69, 9.17) is 26.8 Å². The highest BCUT2D eigenvalue weighted by Crippen LogP contribution is 2.37. The average molecular weight is 577 g/mol. The van der Waals surface area contributed by atoms with Gasteiger partial charge in [0.2, 0.25) is 18.1 Å². The summed E-state index contributed by atoms with van der Waals surface area (Å²) in [5.74, 6) is -0.308. The summed E-state index contributed by atoms with van der Waals surface area (Å²) in [7, 11) is 0. The lowest BCUT2D eigenvalue weighted by atomic mass is 9.75. The average Bonchev–Trinajstić information content (AvgIpc) is 3.51. The summed E-state index contributed by atoms with van der Waals surface area (Å²) in [6.07, 6.45) is 3.32. The van der Waals surface area contributed by atoms with Crippen LogP contribution in [-0.4, -0.2) is 65.7 Å². The number of hydrogen-bond acceptors (Lipinski definition) is 7. The van der Waals surface area contributed by atoms with Gasteiger partial charge in [0, 0.05) is 12.1 Å². The van der Waals surface area contributed by atoms with Crippen molar-refractivity contribution in [2.45, 2.75) is 96.7 Å². The third-order valence-corrected chi connectivity index (χ3v) is 8.71. The molecule has 11 heteroatoms. The van der Waals surface area contributed by atoms with Crippen molar-refractivity contribution in [3.05, 3.63) is 28.8 Å². The molecule has 220 valence electrons. The minimum absolute atomic E-state index is 0.0162. The van der Waals surface area contributed by atoms with Crippen molar-refractivity contribution in [1.29, 1.82) is 0 Å². The second-order valence-corrected chi connectivity index (χ2v) is 12.2. The summed E-state index contributed by atoms with van der Waals surface area (Å²) >= 11 is 6.02. The number of ether oxygens (including phenoxy) is 2. The first kappa shape index (κ1) is 30.1. The van der Waals surface area contributed by atoms with Crippen LogP contribution in [0.1, 0.15) is 76.6 Å². The summed E-state index contributed by atoms with van der Waals surface area (Å²) in [6.45, 7) is 8.53. The number of halogens is 1. The Balaban J connectivity index is 1.37. The largest absolute Gasteiger partial charge is 0.433 e. The third-order valence-electron chi connectivity index (χ3n) is 8.38. The van der Waals surface area contributed by atoms with Gasteiger partial charge in [-0.15, -0.1) is 0 Å². The number of carbonyl (C=O) groups is 4. The zero-order valence-electron chi connectivity index (χ0n) is 23.7. The summed E-state index contributed by atoms with van der Waals surface area (Å²) in [4.78, 5) is 53.1. The number of cyclic esters (lactones) is 1. The molecule has 2 saturated heterocycles. The number of hydrogen-bond donors (Lipinski definition) is 3. The summed E-state index contributed by atoms with van der Waals surface area (Å²) in [5, 5.41) is 5.86. The van der Waals surface area contributed by atoms with Gasteiger partial charge in [-0.05, 0) is 68.6 Å². The van der Waals surface area contributed by atoms with E-state index in [0.717, 1.165) is 19.3 Å². The predicted octanol–water partition coefficient (Wildman–Crippen LogP) is 3.27. The van der Waals surface area contributed by atoms with Crippen LogP contribution in [0.2, 0.25) is 5.02 Å². The van der Waals surface area contributed by atoms with Crippen molar-refractivity contribution < 1.29 is 28.7 Å². The fraction of sp³-hybridized carbons (Fsp3) is 0.655. The highest BCUT2D eigenvalue weighted by atomic mass is 35.5. The molecule has 1 saturated carbocycles.